The average Bonchev–Trinajstić information content (AvgIpc) is 3.17. The highest BCUT2D eigenvalue weighted by atomic mass is 16.6. The summed E-state index contributed by atoms with van der Waals surface area (Å²) in [7, 11) is 0. The molecule has 19 heavy (non-hydrogen) atoms. The molecule has 2 rings (SSSR count). The molecule has 2 nitrogen and oxygen atoms in total. The van der Waals surface area contributed by atoms with E-state index in [2.05, 4.69) is 39.0 Å². The Labute approximate surface area is 117 Å². The summed E-state index contributed by atoms with van der Waals surface area (Å²) in [4.78, 5) is 0. The molecule has 0 N–H and O–H groups in total. The Kier molecular flexibility index (Phi) is 4.87. The van der Waals surface area contributed by atoms with Gasteiger partial charge in [-0.3, -0.25) is 0 Å². The molecule has 3 unspecified atom stereocenters. The van der Waals surface area contributed by atoms with Gasteiger partial charge in [-0.25, -0.2) is 0 Å². The van der Waals surface area contributed by atoms with Gasteiger partial charge in [0, 0.05) is 0 Å². The van der Waals surface area contributed by atoms with E-state index in [1.54, 1.807) is 0 Å². The van der Waals surface area contributed by atoms with Gasteiger partial charge in [0.2, 0.25) is 0 Å². The van der Waals surface area contributed by atoms with Crippen LogP contribution in [0.5, 0.6) is 5.75 Å². The summed E-state index contributed by atoms with van der Waals surface area (Å²) in [5.41, 5.74) is 2.66. The van der Waals surface area contributed by atoms with E-state index >= 15 is 0 Å². The number of aryl methyl sites for hydroxylation is 1. The lowest BCUT2D eigenvalue weighted by Gasteiger charge is -2.19. The molecule has 1 fully saturated rings. The highest BCUT2D eigenvalue weighted by Crippen LogP contribution is 2.39. The lowest BCUT2D eigenvalue weighted by molar-refractivity contribution is 0.325. The van der Waals surface area contributed by atoms with Crippen LogP contribution in [0.2, 0.25) is 0 Å². The average molecular weight is 262 g/mol. The van der Waals surface area contributed by atoms with Gasteiger partial charge in [-0.15, -0.1) is 0 Å². The molecule has 2 heteroatoms. The first-order chi connectivity index (χ1) is 9.19. The van der Waals surface area contributed by atoms with Gasteiger partial charge >= 0.3 is 0 Å². The zero-order valence-electron chi connectivity index (χ0n) is 12.6. The number of ether oxygens (including phenoxy) is 2. The molecule has 0 aliphatic carbocycles. The van der Waals surface area contributed by atoms with Crippen LogP contribution in [0.25, 0.3) is 0 Å². The largest absolute Gasteiger partial charge is 0.494 e. The van der Waals surface area contributed by atoms with Crippen LogP contribution < -0.4 is 4.74 Å². The first-order valence-corrected chi connectivity index (χ1v) is 7.58. The van der Waals surface area contributed by atoms with Crippen molar-refractivity contribution in [3.05, 3.63) is 29.3 Å². The number of benzene rings is 1. The molecule has 0 bridgehead atoms. The van der Waals surface area contributed by atoms with E-state index in [0.29, 0.717) is 18.1 Å². The molecule has 1 aromatic carbocycles. The third-order valence-corrected chi connectivity index (χ3v) is 4.00. The maximum Gasteiger partial charge on any atom is 0.122 e. The second-order valence-electron chi connectivity index (χ2n) is 5.44. The Morgan fingerprint density at radius 3 is 2.58 bits per heavy atom. The maximum atomic E-state index is 5.79. The van der Waals surface area contributed by atoms with Crippen molar-refractivity contribution in [3.63, 3.8) is 0 Å². The van der Waals surface area contributed by atoms with Crippen LogP contribution >= 0.6 is 0 Å². The summed E-state index contributed by atoms with van der Waals surface area (Å²) in [5, 5.41) is 0. The highest BCUT2D eigenvalue weighted by Gasteiger charge is 2.38. The molecule has 1 aliphatic heterocycles. The lowest BCUT2D eigenvalue weighted by atomic mass is 9.89. The van der Waals surface area contributed by atoms with Gasteiger partial charge in [0.1, 0.15) is 5.75 Å². The van der Waals surface area contributed by atoms with E-state index in [1.165, 1.54) is 11.1 Å². The van der Waals surface area contributed by atoms with Gasteiger partial charge in [-0.2, -0.15) is 0 Å². The Bertz CT molecular complexity index is 414. The first-order valence-electron chi connectivity index (χ1n) is 7.58. The minimum absolute atomic E-state index is 0.463. The highest BCUT2D eigenvalue weighted by molar-refractivity contribution is 5.39. The van der Waals surface area contributed by atoms with Crippen LogP contribution in [0.15, 0.2) is 18.2 Å². The van der Waals surface area contributed by atoms with Crippen LogP contribution in [0.1, 0.15) is 57.1 Å². The van der Waals surface area contributed by atoms with Crippen LogP contribution in [0.4, 0.5) is 0 Å². The molecule has 0 amide bonds. The van der Waals surface area contributed by atoms with Crippen LogP contribution in [0, 0.1) is 6.92 Å². The fraction of sp³-hybridized carbons (Fsp3) is 0.647. The zero-order chi connectivity index (χ0) is 13.8. The van der Waals surface area contributed by atoms with Gasteiger partial charge in [0.05, 0.1) is 18.8 Å². The molecular weight excluding hydrogens is 236 g/mol. The molecule has 1 heterocycles. The van der Waals surface area contributed by atoms with Crippen molar-refractivity contribution < 1.29 is 9.47 Å². The molecule has 1 saturated heterocycles. The van der Waals surface area contributed by atoms with E-state index in [0.717, 1.165) is 31.6 Å². The normalized spacial score (nSPS) is 23.2. The minimum Gasteiger partial charge on any atom is -0.494 e. The zero-order valence-corrected chi connectivity index (χ0v) is 12.6. The topological polar surface area (TPSA) is 21.8 Å². The predicted molar refractivity (Wildman–Crippen MR) is 78.9 cm³/mol. The first kappa shape index (κ1) is 14.4. The van der Waals surface area contributed by atoms with Crippen molar-refractivity contribution >= 4 is 0 Å². The molecule has 0 saturated carbocycles. The second-order valence-corrected chi connectivity index (χ2v) is 5.44. The Hall–Kier alpha value is -1.02. The van der Waals surface area contributed by atoms with Crippen molar-refractivity contribution in [2.45, 2.75) is 65.1 Å². The van der Waals surface area contributed by atoms with Crippen molar-refractivity contribution in [1.29, 1.82) is 0 Å². The summed E-state index contributed by atoms with van der Waals surface area (Å²) in [6.45, 7) is 9.37. The maximum absolute atomic E-state index is 5.79. The van der Waals surface area contributed by atoms with Crippen LogP contribution in [-0.4, -0.2) is 18.8 Å². The molecule has 3 atom stereocenters. The monoisotopic (exact) mass is 262 g/mol. The third-order valence-electron chi connectivity index (χ3n) is 4.00. The number of rotatable bonds is 7. The fourth-order valence-corrected chi connectivity index (χ4v) is 2.81. The molecule has 0 radical (unpaired) electrons. The fourth-order valence-electron chi connectivity index (χ4n) is 2.81. The third kappa shape index (κ3) is 3.50. The van der Waals surface area contributed by atoms with Crippen LogP contribution in [-0.2, 0) is 4.74 Å². The summed E-state index contributed by atoms with van der Waals surface area (Å²) in [5.74, 6) is 1.59. The molecule has 0 spiro atoms. The quantitative estimate of drug-likeness (QED) is 0.677. The van der Waals surface area contributed by atoms with E-state index < -0.39 is 0 Å². The summed E-state index contributed by atoms with van der Waals surface area (Å²) < 4.78 is 11.5. The van der Waals surface area contributed by atoms with Gasteiger partial charge in [-0.1, -0.05) is 31.5 Å². The smallest absolute Gasteiger partial charge is 0.122 e. The van der Waals surface area contributed by atoms with Crippen molar-refractivity contribution in [3.8, 4) is 5.75 Å². The standard InChI is InChI=1S/C17H26O2/c1-5-13(11-17-15(6-2)19-17)14-10-12(4)8-9-16(14)18-7-3/h8-10,13,15,17H,5-7,11H2,1-4H3. The summed E-state index contributed by atoms with van der Waals surface area (Å²) in [6.07, 6.45) is 4.35. The molecule has 106 valence electrons. The van der Waals surface area contributed by atoms with E-state index in [-0.39, 0.29) is 0 Å². The van der Waals surface area contributed by atoms with E-state index in [4.69, 9.17) is 9.47 Å². The van der Waals surface area contributed by atoms with Gasteiger partial charge in [0.25, 0.3) is 0 Å². The summed E-state index contributed by atoms with van der Waals surface area (Å²) >= 11 is 0. The van der Waals surface area contributed by atoms with Gasteiger partial charge in [-0.05, 0) is 50.7 Å². The van der Waals surface area contributed by atoms with E-state index in [9.17, 15) is 0 Å². The van der Waals surface area contributed by atoms with Crippen molar-refractivity contribution in [2.24, 2.45) is 0 Å². The minimum atomic E-state index is 0.463. The van der Waals surface area contributed by atoms with Crippen molar-refractivity contribution in [2.75, 3.05) is 6.61 Å². The van der Waals surface area contributed by atoms with Crippen LogP contribution in [0.3, 0.4) is 0 Å². The Balaban J connectivity index is 2.14. The number of hydrogen-bond donors (Lipinski definition) is 0. The second kappa shape index (κ2) is 6.42. The summed E-state index contributed by atoms with van der Waals surface area (Å²) in [6, 6.07) is 6.52. The van der Waals surface area contributed by atoms with E-state index in [1.807, 2.05) is 6.92 Å². The SMILES string of the molecule is CCOc1ccc(C)cc1C(CC)CC1OC1CC. The molecule has 1 aromatic rings. The van der Waals surface area contributed by atoms with Gasteiger partial charge in [0.15, 0.2) is 0 Å². The van der Waals surface area contributed by atoms with Gasteiger partial charge < -0.3 is 9.47 Å². The number of hydrogen-bond acceptors (Lipinski definition) is 2. The van der Waals surface area contributed by atoms with Crippen molar-refractivity contribution in [1.82, 2.24) is 0 Å². The Morgan fingerprint density at radius 2 is 2.00 bits per heavy atom. The lowest BCUT2D eigenvalue weighted by Crippen LogP contribution is -2.07. The molecule has 1 aliphatic rings. The Morgan fingerprint density at radius 1 is 1.21 bits per heavy atom. The molecular formula is C17H26O2. The molecule has 0 aromatic heterocycles. The predicted octanol–water partition coefficient (Wildman–Crippen LogP) is 4.45. The number of epoxide rings is 1.